The van der Waals surface area contributed by atoms with E-state index in [4.69, 9.17) is 5.73 Å². The second-order valence-electron chi connectivity index (χ2n) is 3.14. The fourth-order valence-corrected chi connectivity index (χ4v) is 2.44. The van der Waals surface area contributed by atoms with Crippen molar-refractivity contribution in [2.24, 2.45) is 5.73 Å². The Hall–Kier alpha value is -1.62. The molecule has 0 spiro atoms. The Bertz CT molecular complexity index is 447. The number of aryl methyl sites for hydroxylation is 1. The zero-order valence-corrected chi connectivity index (χ0v) is 10.4. The average molecular weight is 239 g/mol. The minimum Gasteiger partial charge on any atom is -0.465 e. The van der Waals surface area contributed by atoms with Crippen molar-refractivity contribution in [3.8, 4) is 0 Å². The Balaban J connectivity index is 3.15. The van der Waals surface area contributed by atoms with E-state index in [-0.39, 0.29) is 5.97 Å². The second kappa shape index (κ2) is 5.46. The number of allylic oxidation sites excluding steroid dienone is 1. The highest BCUT2D eigenvalue weighted by Gasteiger charge is 2.17. The van der Waals surface area contributed by atoms with Gasteiger partial charge in [0.2, 0.25) is 5.71 Å². The molecule has 0 unspecified atom stereocenters. The Morgan fingerprint density at radius 1 is 1.62 bits per heavy atom. The third kappa shape index (κ3) is 2.49. The summed E-state index contributed by atoms with van der Waals surface area (Å²) in [5.74, 6) is -0.313. The zero-order chi connectivity index (χ0) is 12.1. The van der Waals surface area contributed by atoms with E-state index >= 15 is 0 Å². The zero-order valence-electron chi connectivity index (χ0n) is 9.53. The van der Waals surface area contributed by atoms with E-state index in [1.54, 1.807) is 6.08 Å². The number of hydrogen-bond acceptors (Lipinski definition) is 4. The van der Waals surface area contributed by atoms with Gasteiger partial charge in [-0.15, -0.1) is 11.3 Å². The highest BCUT2D eigenvalue weighted by molar-refractivity contribution is 7.16. The van der Waals surface area contributed by atoms with Crippen LogP contribution in [0.4, 0.5) is 0 Å². The van der Waals surface area contributed by atoms with Crippen LogP contribution in [-0.4, -0.2) is 25.8 Å². The van der Waals surface area contributed by atoms with Gasteiger partial charge in [-0.3, -0.25) is 0 Å². The SMILES string of the molecule is C[NH+]=C(C=CN)c1sc(C(=O)OC)cc1C. The van der Waals surface area contributed by atoms with E-state index < -0.39 is 0 Å². The van der Waals surface area contributed by atoms with Crippen LogP contribution in [0.2, 0.25) is 0 Å². The van der Waals surface area contributed by atoms with Crippen LogP contribution in [0.1, 0.15) is 20.1 Å². The molecule has 5 heteroatoms. The van der Waals surface area contributed by atoms with Gasteiger partial charge in [0.25, 0.3) is 0 Å². The monoisotopic (exact) mass is 239 g/mol. The van der Waals surface area contributed by atoms with E-state index in [0.717, 1.165) is 16.2 Å². The first-order chi connectivity index (χ1) is 7.63. The van der Waals surface area contributed by atoms with Gasteiger partial charge in [0.1, 0.15) is 16.8 Å². The van der Waals surface area contributed by atoms with Crippen molar-refractivity contribution in [1.29, 1.82) is 0 Å². The molecule has 0 bridgehead atoms. The van der Waals surface area contributed by atoms with Gasteiger partial charge in [-0.1, -0.05) is 0 Å². The average Bonchev–Trinajstić information content (AvgIpc) is 2.67. The third-order valence-electron chi connectivity index (χ3n) is 2.08. The van der Waals surface area contributed by atoms with Gasteiger partial charge in [-0.05, 0) is 18.6 Å². The van der Waals surface area contributed by atoms with E-state index in [0.29, 0.717) is 4.88 Å². The minimum atomic E-state index is -0.313. The lowest BCUT2D eigenvalue weighted by molar-refractivity contribution is -0.418. The molecule has 0 saturated carbocycles. The summed E-state index contributed by atoms with van der Waals surface area (Å²) in [4.78, 5) is 16.0. The Kier molecular flexibility index (Phi) is 4.25. The molecular weight excluding hydrogens is 224 g/mol. The third-order valence-corrected chi connectivity index (χ3v) is 3.33. The van der Waals surface area contributed by atoms with Crippen LogP contribution in [0.5, 0.6) is 0 Å². The van der Waals surface area contributed by atoms with Gasteiger partial charge in [0.15, 0.2) is 0 Å². The molecule has 0 aliphatic heterocycles. The molecule has 0 aromatic carbocycles. The number of nitrogens with one attached hydrogen (secondary N) is 1. The molecule has 0 amide bonds. The molecule has 0 radical (unpaired) electrons. The number of esters is 1. The molecule has 4 nitrogen and oxygen atoms in total. The molecule has 0 aliphatic rings. The summed E-state index contributed by atoms with van der Waals surface area (Å²) >= 11 is 1.38. The van der Waals surface area contributed by atoms with E-state index in [1.807, 2.05) is 20.0 Å². The van der Waals surface area contributed by atoms with Gasteiger partial charge >= 0.3 is 5.97 Å². The number of methoxy groups -OCH3 is 1. The molecule has 3 N–H and O–H groups in total. The van der Waals surface area contributed by atoms with Gasteiger partial charge in [-0.25, -0.2) is 9.79 Å². The lowest BCUT2D eigenvalue weighted by Crippen LogP contribution is -2.67. The summed E-state index contributed by atoms with van der Waals surface area (Å²) in [5.41, 5.74) is 7.27. The number of carbonyl (C=O) groups is 1. The van der Waals surface area contributed by atoms with Crippen molar-refractivity contribution < 1.29 is 14.5 Å². The molecule has 0 saturated heterocycles. The van der Waals surface area contributed by atoms with Gasteiger partial charge in [0, 0.05) is 12.3 Å². The molecule has 86 valence electrons. The normalized spacial score (nSPS) is 12.1. The largest absolute Gasteiger partial charge is 0.465 e. The molecule has 0 atom stereocenters. The van der Waals surface area contributed by atoms with E-state index in [1.165, 1.54) is 24.6 Å². The lowest BCUT2D eigenvalue weighted by Gasteiger charge is -1.92. The molecule has 1 aromatic rings. The summed E-state index contributed by atoms with van der Waals surface area (Å²) < 4.78 is 4.68. The first kappa shape index (κ1) is 12.4. The second-order valence-corrected chi connectivity index (χ2v) is 4.19. The summed E-state index contributed by atoms with van der Waals surface area (Å²) in [7, 11) is 3.19. The molecule has 16 heavy (non-hydrogen) atoms. The number of rotatable bonds is 3. The van der Waals surface area contributed by atoms with Crippen LogP contribution >= 0.6 is 11.3 Å². The maximum atomic E-state index is 11.4. The molecule has 0 fully saturated rings. The van der Waals surface area contributed by atoms with Gasteiger partial charge in [0.05, 0.1) is 7.11 Å². The van der Waals surface area contributed by atoms with Crippen LogP contribution in [0, 0.1) is 6.92 Å². The van der Waals surface area contributed by atoms with Crippen molar-refractivity contribution in [1.82, 2.24) is 0 Å². The summed E-state index contributed by atoms with van der Waals surface area (Å²) in [6, 6.07) is 1.81. The molecule has 0 aliphatic carbocycles. The van der Waals surface area contributed by atoms with Crippen molar-refractivity contribution >= 4 is 23.0 Å². The minimum absolute atomic E-state index is 0.313. The standard InChI is InChI=1S/C11H14N2O2S/c1-7-6-9(11(14)15-3)16-10(7)8(13-2)4-5-12/h4-6H,12H2,1-3H3/p+1. The van der Waals surface area contributed by atoms with Crippen molar-refractivity contribution in [2.75, 3.05) is 14.2 Å². The van der Waals surface area contributed by atoms with Crippen LogP contribution in [0.3, 0.4) is 0 Å². The first-order valence-corrected chi connectivity index (χ1v) is 5.57. The summed E-state index contributed by atoms with van der Waals surface area (Å²) in [6.45, 7) is 1.94. The van der Waals surface area contributed by atoms with Gasteiger partial charge in [-0.2, -0.15) is 0 Å². The Morgan fingerprint density at radius 2 is 2.31 bits per heavy atom. The smallest absolute Gasteiger partial charge is 0.348 e. The highest BCUT2D eigenvalue weighted by Crippen LogP contribution is 2.22. The number of hydrogen-bond donors (Lipinski definition) is 2. The Morgan fingerprint density at radius 3 is 2.81 bits per heavy atom. The fraction of sp³-hybridized carbons (Fsp3) is 0.273. The van der Waals surface area contributed by atoms with Gasteiger partial charge < -0.3 is 10.5 Å². The van der Waals surface area contributed by atoms with Crippen molar-refractivity contribution in [3.05, 3.63) is 33.7 Å². The first-order valence-electron chi connectivity index (χ1n) is 4.76. The summed E-state index contributed by atoms with van der Waals surface area (Å²) in [5, 5.41) is 0. The van der Waals surface area contributed by atoms with Crippen LogP contribution in [-0.2, 0) is 4.74 Å². The van der Waals surface area contributed by atoms with Crippen LogP contribution < -0.4 is 10.7 Å². The quantitative estimate of drug-likeness (QED) is 0.568. The summed E-state index contributed by atoms with van der Waals surface area (Å²) in [6.07, 6.45) is 3.22. The number of carbonyl (C=O) groups excluding carboxylic acids is 1. The predicted octanol–water partition coefficient (Wildman–Crippen LogP) is -0.185. The van der Waals surface area contributed by atoms with Crippen LogP contribution in [0.15, 0.2) is 18.3 Å². The van der Waals surface area contributed by atoms with Crippen molar-refractivity contribution in [3.63, 3.8) is 0 Å². The number of thiophene rings is 1. The fourth-order valence-electron chi connectivity index (χ4n) is 1.32. The molecule has 1 rings (SSSR count). The van der Waals surface area contributed by atoms with E-state index in [2.05, 4.69) is 9.73 Å². The maximum absolute atomic E-state index is 11.4. The highest BCUT2D eigenvalue weighted by atomic mass is 32.1. The topological polar surface area (TPSA) is 66.3 Å². The van der Waals surface area contributed by atoms with Crippen molar-refractivity contribution in [2.45, 2.75) is 6.92 Å². The Labute approximate surface area is 98.4 Å². The lowest BCUT2D eigenvalue weighted by atomic mass is 10.2. The molecule has 1 aromatic heterocycles. The number of ether oxygens (including phenoxy) is 1. The maximum Gasteiger partial charge on any atom is 0.348 e. The van der Waals surface area contributed by atoms with E-state index in [9.17, 15) is 4.79 Å². The molecular formula is C11H15N2O2S+. The number of nitrogens with two attached hydrogens (primary N) is 1. The van der Waals surface area contributed by atoms with Crippen LogP contribution in [0.25, 0.3) is 0 Å². The molecule has 1 heterocycles. The predicted molar refractivity (Wildman–Crippen MR) is 64.7 cm³/mol.